The summed E-state index contributed by atoms with van der Waals surface area (Å²) in [6.07, 6.45) is 5.67. The number of hydrogen-bond donors (Lipinski definition) is 1. The maximum atomic E-state index is 6.73. The molecule has 0 amide bonds. The van der Waals surface area contributed by atoms with Crippen molar-refractivity contribution in [3.05, 3.63) is 22.2 Å². The summed E-state index contributed by atoms with van der Waals surface area (Å²) in [5, 5.41) is 0.618. The standard InChI is InChI=1S/C16H22ClNO2/c1-10(2)13-11(16(18)6-4-3-5-7-16)8-12(17)14-15(13)20-9-19-14/h8,10H,3-7,9,18H2,1-2H3. The summed E-state index contributed by atoms with van der Waals surface area (Å²) < 4.78 is 11.2. The van der Waals surface area contributed by atoms with Crippen molar-refractivity contribution in [1.82, 2.24) is 0 Å². The van der Waals surface area contributed by atoms with Gasteiger partial charge in [0.25, 0.3) is 0 Å². The van der Waals surface area contributed by atoms with Gasteiger partial charge in [0.1, 0.15) is 0 Å². The lowest BCUT2D eigenvalue weighted by atomic mass is 9.74. The molecular weight excluding hydrogens is 274 g/mol. The first-order chi connectivity index (χ1) is 9.53. The van der Waals surface area contributed by atoms with Crippen LogP contribution in [0.25, 0.3) is 0 Å². The number of rotatable bonds is 2. The molecule has 1 heterocycles. The Hall–Kier alpha value is -0.930. The third kappa shape index (κ3) is 2.17. The van der Waals surface area contributed by atoms with E-state index in [0.29, 0.717) is 16.7 Å². The Bertz CT molecular complexity index is 522. The molecule has 4 heteroatoms. The summed E-state index contributed by atoms with van der Waals surface area (Å²) in [5.74, 6) is 1.82. The lowest BCUT2D eigenvalue weighted by Gasteiger charge is -2.36. The number of halogens is 1. The van der Waals surface area contributed by atoms with Gasteiger partial charge in [-0.25, -0.2) is 0 Å². The number of ether oxygens (including phenoxy) is 2. The fourth-order valence-electron chi connectivity index (χ4n) is 3.49. The van der Waals surface area contributed by atoms with E-state index in [4.69, 9.17) is 26.8 Å². The van der Waals surface area contributed by atoms with E-state index in [9.17, 15) is 0 Å². The molecular formula is C16H22ClNO2. The minimum absolute atomic E-state index is 0.246. The van der Waals surface area contributed by atoms with Gasteiger partial charge in [-0.2, -0.15) is 0 Å². The van der Waals surface area contributed by atoms with Gasteiger partial charge in [0.05, 0.1) is 5.02 Å². The number of fused-ring (bicyclic) bond motifs is 1. The molecule has 1 aliphatic heterocycles. The molecule has 0 saturated heterocycles. The van der Waals surface area contributed by atoms with Crippen LogP contribution in [-0.4, -0.2) is 6.79 Å². The molecule has 2 N–H and O–H groups in total. The van der Waals surface area contributed by atoms with E-state index in [1.165, 1.54) is 24.8 Å². The molecule has 1 aromatic rings. The van der Waals surface area contributed by atoms with Crippen LogP contribution < -0.4 is 15.2 Å². The van der Waals surface area contributed by atoms with Gasteiger partial charge in [-0.05, 0) is 30.4 Å². The maximum absolute atomic E-state index is 6.73. The van der Waals surface area contributed by atoms with Crippen LogP contribution in [0.1, 0.15) is 63.0 Å². The van der Waals surface area contributed by atoms with Gasteiger partial charge in [0.15, 0.2) is 11.5 Å². The molecule has 3 nitrogen and oxygen atoms in total. The zero-order valence-electron chi connectivity index (χ0n) is 12.2. The first-order valence-electron chi connectivity index (χ1n) is 7.44. The van der Waals surface area contributed by atoms with Crippen LogP contribution in [0, 0.1) is 0 Å². The van der Waals surface area contributed by atoms with Gasteiger partial charge in [-0.1, -0.05) is 44.7 Å². The lowest BCUT2D eigenvalue weighted by Crippen LogP contribution is -2.39. The van der Waals surface area contributed by atoms with Crippen LogP contribution in [0.3, 0.4) is 0 Å². The zero-order chi connectivity index (χ0) is 14.3. The molecule has 110 valence electrons. The topological polar surface area (TPSA) is 44.5 Å². The monoisotopic (exact) mass is 295 g/mol. The molecule has 0 radical (unpaired) electrons. The third-order valence-corrected chi connectivity index (χ3v) is 4.78. The number of benzene rings is 1. The molecule has 1 aliphatic carbocycles. The molecule has 0 spiro atoms. The van der Waals surface area contributed by atoms with E-state index in [2.05, 4.69) is 13.8 Å². The van der Waals surface area contributed by atoms with Crippen LogP contribution in [0.15, 0.2) is 6.07 Å². The van der Waals surface area contributed by atoms with Crippen LogP contribution in [-0.2, 0) is 5.54 Å². The van der Waals surface area contributed by atoms with Crippen LogP contribution in [0.4, 0.5) is 0 Å². The van der Waals surface area contributed by atoms with E-state index in [1.807, 2.05) is 6.07 Å². The molecule has 3 rings (SSSR count). The second-order valence-electron chi connectivity index (χ2n) is 6.26. The van der Waals surface area contributed by atoms with E-state index < -0.39 is 0 Å². The largest absolute Gasteiger partial charge is 0.453 e. The molecule has 0 unspecified atom stereocenters. The summed E-state index contributed by atoms with van der Waals surface area (Å²) in [6.45, 7) is 4.58. The van der Waals surface area contributed by atoms with Crippen molar-refractivity contribution in [2.45, 2.75) is 57.4 Å². The molecule has 0 aromatic heterocycles. The maximum Gasteiger partial charge on any atom is 0.231 e. The van der Waals surface area contributed by atoms with Gasteiger partial charge >= 0.3 is 0 Å². The molecule has 1 saturated carbocycles. The van der Waals surface area contributed by atoms with Crippen molar-refractivity contribution in [1.29, 1.82) is 0 Å². The SMILES string of the molecule is CC(C)c1c(C2(N)CCCCC2)cc(Cl)c2c1OCO2. The van der Waals surface area contributed by atoms with E-state index in [-0.39, 0.29) is 12.3 Å². The summed E-state index contributed by atoms with van der Waals surface area (Å²) >= 11 is 6.37. The Morgan fingerprint density at radius 2 is 1.80 bits per heavy atom. The average Bonchev–Trinajstić information content (AvgIpc) is 2.88. The predicted octanol–water partition coefficient (Wildman–Crippen LogP) is 4.31. The lowest BCUT2D eigenvalue weighted by molar-refractivity contribution is 0.173. The van der Waals surface area contributed by atoms with Crippen LogP contribution >= 0.6 is 11.6 Å². The highest BCUT2D eigenvalue weighted by Gasteiger charge is 2.36. The van der Waals surface area contributed by atoms with E-state index in [0.717, 1.165) is 24.2 Å². The summed E-state index contributed by atoms with van der Waals surface area (Å²) in [6, 6.07) is 2.01. The Labute approximate surface area is 125 Å². The summed E-state index contributed by atoms with van der Waals surface area (Å²) in [7, 11) is 0. The Morgan fingerprint density at radius 1 is 1.15 bits per heavy atom. The first kappa shape index (κ1) is 14.0. The van der Waals surface area contributed by atoms with Crippen LogP contribution in [0.2, 0.25) is 5.02 Å². The second-order valence-corrected chi connectivity index (χ2v) is 6.66. The van der Waals surface area contributed by atoms with E-state index >= 15 is 0 Å². The number of hydrogen-bond acceptors (Lipinski definition) is 3. The van der Waals surface area contributed by atoms with Gasteiger partial charge in [0, 0.05) is 11.1 Å². The van der Waals surface area contributed by atoms with E-state index in [1.54, 1.807) is 0 Å². The van der Waals surface area contributed by atoms with Gasteiger partial charge in [-0.15, -0.1) is 0 Å². The van der Waals surface area contributed by atoms with Gasteiger partial charge in [-0.3, -0.25) is 0 Å². The first-order valence-corrected chi connectivity index (χ1v) is 7.82. The Kier molecular flexibility index (Phi) is 3.59. The normalized spacial score (nSPS) is 20.4. The molecule has 20 heavy (non-hydrogen) atoms. The smallest absolute Gasteiger partial charge is 0.231 e. The molecule has 2 aliphatic rings. The van der Waals surface area contributed by atoms with Crippen LogP contribution in [0.5, 0.6) is 11.5 Å². The number of nitrogens with two attached hydrogens (primary N) is 1. The molecule has 1 fully saturated rings. The quantitative estimate of drug-likeness (QED) is 0.884. The second kappa shape index (κ2) is 5.12. The Morgan fingerprint density at radius 3 is 2.45 bits per heavy atom. The third-order valence-electron chi connectivity index (χ3n) is 4.50. The van der Waals surface area contributed by atoms with Gasteiger partial charge < -0.3 is 15.2 Å². The fraction of sp³-hybridized carbons (Fsp3) is 0.625. The highest BCUT2D eigenvalue weighted by Crippen LogP contribution is 2.50. The predicted molar refractivity (Wildman–Crippen MR) is 80.6 cm³/mol. The van der Waals surface area contributed by atoms with Crippen molar-refractivity contribution in [2.75, 3.05) is 6.79 Å². The summed E-state index contributed by atoms with van der Waals surface area (Å²) in [5.41, 5.74) is 8.78. The fourth-order valence-corrected chi connectivity index (χ4v) is 3.73. The highest BCUT2D eigenvalue weighted by molar-refractivity contribution is 6.32. The zero-order valence-corrected chi connectivity index (χ0v) is 12.9. The molecule has 1 aromatic carbocycles. The van der Waals surface area contributed by atoms with Crippen molar-refractivity contribution in [3.63, 3.8) is 0 Å². The van der Waals surface area contributed by atoms with Crippen molar-refractivity contribution in [2.24, 2.45) is 5.73 Å². The minimum Gasteiger partial charge on any atom is -0.453 e. The van der Waals surface area contributed by atoms with Gasteiger partial charge in [0.2, 0.25) is 6.79 Å². The van der Waals surface area contributed by atoms with Crippen molar-refractivity contribution >= 4 is 11.6 Å². The van der Waals surface area contributed by atoms with Crippen molar-refractivity contribution < 1.29 is 9.47 Å². The van der Waals surface area contributed by atoms with Crippen molar-refractivity contribution in [3.8, 4) is 11.5 Å². The average molecular weight is 296 g/mol. The molecule has 0 bridgehead atoms. The molecule has 0 atom stereocenters. The minimum atomic E-state index is -0.275. The Balaban J connectivity index is 2.17. The summed E-state index contributed by atoms with van der Waals surface area (Å²) in [4.78, 5) is 0. The highest BCUT2D eigenvalue weighted by atomic mass is 35.5.